The Morgan fingerprint density at radius 1 is 1.29 bits per heavy atom. The molecule has 0 radical (unpaired) electrons. The highest BCUT2D eigenvalue weighted by Crippen LogP contribution is 2.38. The lowest BCUT2D eigenvalue weighted by Gasteiger charge is -2.34. The van der Waals surface area contributed by atoms with E-state index in [9.17, 15) is 0 Å². The van der Waals surface area contributed by atoms with Crippen molar-refractivity contribution in [2.45, 2.75) is 31.8 Å². The average Bonchev–Trinajstić information content (AvgIpc) is 3.36. The Morgan fingerprint density at radius 2 is 2.16 bits per heavy atom. The van der Waals surface area contributed by atoms with Crippen LogP contribution in [0.4, 0.5) is 11.9 Å². The lowest BCUT2D eigenvalue weighted by molar-refractivity contribution is 0.287. The summed E-state index contributed by atoms with van der Waals surface area (Å²) in [6.45, 7) is 1.98. The molecule has 0 spiro atoms. The van der Waals surface area contributed by atoms with Crippen LogP contribution in [0.25, 0.3) is 16.0 Å². The number of allylic oxidation sites excluding steroid dienone is 1. The van der Waals surface area contributed by atoms with Gasteiger partial charge in [0.25, 0.3) is 0 Å². The molecule has 3 aromatic heterocycles. The van der Waals surface area contributed by atoms with Gasteiger partial charge in [0.05, 0.1) is 15.9 Å². The highest BCUT2D eigenvalue weighted by molar-refractivity contribution is 7.17. The van der Waals surface area contributed by atoms with Gasteiger partial charge in [0.1, 0.15) is 0 Å². The first-order chi connectivity index (χ1) is 15.0. The molecule has 158 valence electrons. The van der Waals surface area contributed by atoms with E-state index < -0.39 is 0 Å². The monoisotopic (exact) mass is 453 g/mol. The van der Waals surface area contributed by atoms with Gasteiger partial charge in [0, 0.05) is 24.0 Å². The number of likely N-dealkylation sites (N-methyl/N-ethyl adjacent to an activating group) is 1. The van der Waals surface area contributed by atoms with Crippen LogP contribution in [0.1, 0.15) is 18.4 Å². The minimum atomic E-state index is 0.146. The number of nitrogens with zero attached hydrogens (tertiary/aromatic N) is 6. The van der Waals surface area contributed by atoms with E-state index in [1.807, 2.05) is 18.5 Å². The molecule has 9 nitrogen and oxygen atoms in total. The van der Waals surface area contributed by atoms with Gasteiger partial charge in [-0.2, -0.15) is 14.6 Å². The van der Waals surface area contributed by atoms with Crippen LogP contribution in [0, 0.1) is 6.92 Å². The maximum atomic E-state index is 6.18. The molecule has 1 saturated heterocycles. The summed E-state index contributed by atoms with van der Waals surface area (Å²) in [5.74, 6) is 1.13. The van der Waals surface area contributed by atoms with E-state index in [0.29, 0.717) is 23.8 Å². The third kappa shape index (κ3) is 2.93. The smallest absolute Gasteiger partial charge is 0.248 e. The number of hydrogen-bond donors (Lipinski definition) is 3. The summed E-state index contributed by atoms with van der Waals surface area (Å²) in [4.78, 5) is 15.5. The van der Waals surface area contributed by atoms with Crippen LogP contribution in [0.15, 0.2) is 40.7 Å². The Kier molecular flexibility index (Phi) is 4.11. The van der Waals surface area contributed by atoms with E-state index >= 15 is 0 Å². The Bertz CT molecular complexity index is 1320. The second-order valence-electron chi connectivity index (χ2n) is 7.99. The van der Waals surface area contributed by atoms with Gasteiger partial charge in [-0.05, 0) is 67.1 Å². The minimum absolute atomic E-state index is 0.146. The summed E-state index contributed by atoms with van der Waals surface area (Å²) in [6.07, 6.45) is 8.74. The number of halogens is 1. The van der Waals surface area contributed by atoms with Crippen molar-refractivity contribution in [3.63, 3.8) is 0 Å². The quantitative estimate of drug-likeness (QED) is 0.519. The molecule has 0 aliphatic carbocycles. The Balaban J connectivity index is 1.33. The summed E-state index contributed by atoms with van der Waals surface area (Å²) in [6, 6.07) is 0.944. The van der Waals surface area contributed by atoms with Crippen LogP contribution in [-0.4, -0.2) is 48.8 Å². The van der Waals surface area contributed by atoms with Crippen LogP contribution in [-0.2, 0) is 0 Å². The summed E-state index contributed by atoms with van der Waals surface area (Å²) in [7, 11) is 2.19. The minimum Gasteiger partial charge on any atom is -0.368 e. The Labute approximate surface area is 187 Å². The highest BCUT2D eigenvalue weighted by atomic mass is 35.5. The van der Waals surface area contributed by atoms with Crippen molar-refractivity contribution in [3.05, 3.63) is 51.5 Å². The van der Waals surface area contributed by atoms with Gasteiger partial charge >= 0.3 is 0 Å². The van der Waals surface area contributed by atoms with Gasteiger partial charge in [0.15, 0.2) is 5.82 Å². The van der Waals surface area contributed by atoms with Crippen LogP contribution in [0.3, 0.4) is 0 Å². The molecular weight excluding hydrogens is 434 g/mol. The number of anilines is 2. The molecule has 0 aromatic carbocycles. The standard InChI is InChI=1S/C20H20ClN9S/c1-9-8-31-16-15(9)25-18(21)26-17(16)30-19(22)27-20(28-30)24-10-5-12-13(23-7-10)6-11-3-4-14(12)29(11)2/h5-8,11,14,23H,3-4H2,1-2H3,(H3,22,24,27,28). The van der Waals surface area contributed by atoms with E-state index in [1.54, 1.807) is 0 Å². The zero-order valence-electron chi connectivity index (χ0n) is 16.9. The average molecular weight is 454 g/mol. The number of hydrogen-bond acceptors (Lipinski definition) is 9. The summed E-state index contributed by atoms with van der Waals surface area (Å²) >= 11 is 7.68. The van der Waals surface area contributed by atoms with Gasteiger partial charge < -0.3 is 16.4 Å². The molecule has 1 fully saturated rings. The lowest BCUT2D eigenvalue weighted by atomic mass is 9.97. The van der Waals surface area contributed by atoms with Gasteiger partial charge in [-0.15, -0.1) is 16.4 Å². The highest BCUT2D eigenvalue weighted by Gasteiger charge is 2.38. The number of fused-ring (bicyclic) bond motifs is 5. The van der Waals surface area contributed by atoms with Crippen molar-refractivity contribution < 1.29 is 0 Å². The second kappa shape index (κ2) is 6.78. The van der Waals surface area contributed by atoms with Gasteiger partial charge in [-0.25, -0.2) is 4.98 Å². The number of nitrogen functional groups attached to an aromatic ring is 1. The van der Waals surface area contributed by atoms with Crippen molar-refractivity contribution in [2.75, 3.05) is 18.1 Å². The van der Waals surface area contributed by atoms with Crippen LogP contribution < -0.4 is 16.4 Å². The molecule has 2 atom stereocenters. The Morgan fingerprint density at radius 3 is 3.03 bits per heavy atom. The first kappa shape index (κ1) is 18.8. The molecule has 11 heteroatoms. The fraction of sp³-hybridized carbons (Fsp3) is 0.300. The SMILES string of the molecule is Cc1csc2c(-n3nc(NC4=CNC5=CC6CCC(C5=C4)N6C)nc3N)nc(Cl)nc12. The van der Waals surface area contributed by atoms with Crippen molar-refractivity contribution in [3.8, 4) is 5.82 Å². The molecule has 6 heterocycles. The summed E-state index contributed by atoms with van der Waals surface area (Å²) < 4.78 is 2.36. The number of thiophene rings is 1. The van der Waals surface area contributed by atoms with Crippen LogP contribution in [0.2, 0.25) is 5.28 Å². The molecule has 6 rings (SSSR count). The molecule has 0 amide bonds. The zero-order chi connectivity index (χ0) is 21.3. The number of aromatic nitrogens is 5. The predicted octanol–water partition coefficient (Wildman–Crippen LogP) is 2.96. The first-order valence-electron chi connectivity index (χ1n) is 10.0. The number of nitrogens with one attached hydrogen (secondary N) is 2. The molecule has 4 N–H and O–H groups in total. The van der Waals surface area contributed by atoms with Gasteiger partial charge in [-0.3, -0.25) is 4.90 Å². The molecule has 2 bridgehead atoms. The van der Waals surface area contributed by atoms with Crippen molar-refractivity contribution in [1.82, 2.24) is 34.9 Å². The normalized spacial score (nSPS) is 22.6. The van der Waals surface area contributed by atoms with Gasteiger partial charge in [0.2, 0.25) is 17.2 Å². The topological polar surface area (TPSA) is 110 Å². The third-order valence-corrected chi connectivity index (χ3v) is 7.36. The van der Waals surface area contributed by atoms with E-state index in [-0.39, 0.29) is 11.2 Å². The largest absolute Gasteiger partial charge is 0.368 e. The lowest BCUT2D eigenvalue weighted by Crippen LogP contribution is -2.39. The molecule has 3 aromatic rings. The van der Waals surface area contributed by atoms with Crippen LogP contribution in [0.5, 0.6) is 0 Å². The van der Waals surface area contributed by atoms with E-state index in [4.69, 9.17) is 17.3 Å². The number of rotatable bonds is 3. The third-order valence-electron chi connectivity index (χ3n) is 6.11. The molecule has 3 aliphatic rings. The zero-order valence-corrected chi connectivity index (χ0v) is 18.5. The fourth-order valence-electron chi connectivity index (χ4n) is 4.55. The van der Waals surface area contributed by atoms with Crippen molar-refractivity contribution >= 4 is 45.1 Å². The van der Waals surface area contributed by atoms with Crippen LogP contribution >= 0.6 is 22.9 Å². The van der Waals surface area contributed by atoms with E-state index in [0.717, 1.165) is 27.9 Å². The molecular formula is C20H20ClN9S. The van der Waals surface area contributed by atoms with Gasteiger partial charge in [-0.1, -0.05) is 0 Å². The predicted molar refractivity (Wildman–Crippen MR) is 122 cm³/mol. The number of dihydropyridines is 1. The summed E-state index contributed by atoms with van der Waals surface area (Å²) in [5.41, 5.74) is 11.4. The van der Waals surface area contributed by atoms with Crippen molar-refractivity contribution in [2.24, 2.45) is 0 Å². The maximum Gasteiger partial charge on any atom is 0.248 e. The fourth-order valence-corrected chi connectivity index (χ4v) is 5.68. The molecule has 2 unspecified atom stereocenters. The van der Waals surface area contributed by atoms with E-state index in [2.05, 4.69) is 54.8 Å². The summed E-state index contributed by atoms with van der Waals surface area (Å²) in [5, 5.41) is 13.4. The van der Waals surface area contributed by atoms with E-state index in [1.165, 1.54) is 33.7 Å². The molecule has 0 saturated carbocycles. The number of aryl methyl sites for hydroxylation is 1. The first-order valence-corrected chi connectivity index (χ1v) is 11.3. The van der Waals surface area contributed by atoms with Crippen molar-refractivity contribution in [1.29, 1.82) is 0 Å². The molecule has 3 aliphatic heterocycles. The number of nitrogens with two attached hydrogens (primary N) is 1. The second-order valence-corrected chi connectivity index (χ2v) is 9.21. The maximum absolute atomic E-state index is 6.18. The molecule has 31 heavy (non-hydrogen) atoms. The Hall–Kier alpha value is -2.95.